The first kappa shape index (κ1) is 22.0. The first-order valence-corrected chi connectivity index (χ1v) is 8.84. The number of nitriles is 1. The van der Waals surface area contributed by atoms with Crippen LogP contribution in [-0.4, -0.2) is 18.5 Å². The van der Waals surface area contributed by atoms with Gasteiger partial charge in [0.05, 0.1) is 24.7 Å². The van der Waals surface area contributed by atoms with Gasteiger partial charge in [0.25, 0.3) is 0 Å². The Bertz CT molecular complexity index is 875. The van der Waals surface area contributed by atoms with Crippen LogP contribution in [0.4, 0.5) is 18.9 Å². The van der Waals surface area contributed by atoms with Gasteiger partial charge >= 0.3 is 12.1 Å². The molecule has 2 aromatic rings. The fourth-order valence-electron chi connectivity index (χ4n) is 2.82. The first-order valence-electron chi connectivity index (χ1n) is 8.84. The number of benzene rings is 2. The highest BCUT2D eigenvalue weighted by atomic mass is 19.4. The molecule has 0 spiro atoms. The summed E-state index contributed by atoms with van der Waals surface area (Å²) in [7, 11) is 0. The minimum Gasteiger partial charge on any atom is -0.466 e. The molecule has 0 fully saturated rings. The predicted octanol–water partition coefficient (Wildman–Crippen LogP) is 4.52. The number of alkyl halides is 3. The Morgan fingerprint density at radius 2 is 1.72 bits per heavy atom. The van der Waals surface area contributed by atoms with Crippen molar-refractivity contribution in [3.8, 4) is 6.07 Å². The Morgan fingerprint density at radius 3 is 2.24 bits per heavy atom. The number of esters is 1. The fraction of sp³-hybridized carbons (Fsp3) is 0.286. The molecule has 0 aliphatic heterocycles. The number of hydrogen-bond acceptors (Lipinski definition) is 4. The van der Waals surface area contributed by atoms with Crippen LogP contribution in [0.3, 0.4) is 0 Å². The van der Waals surface area contributed by atoms with Crippen molar-refractivity contribution in [2.75, 3.05) is 11.9 Å². The van der Waals surface area contributed by atoms with E-state index in [2.05, 4.69) is 5.32 Å². The molecular weight excluding hydrogens is 385 g/mol. The molecule has 0 aliphatic carbocycles. The van der Waals surface area contributed by atoms with Gasteiger partial charge in [0.2, 0.25) is 5.91 Å². The van der Waals surface area contributed by atoms with Gasteiger partial charge in [-0.3, -0.25) is 9.59 Å². The highest BCUT2D eigenvalue weighted by Crippen LogP contribution is 2.31. The number of carbonyl (C=O) groups is 2. The molecule has 152 valence electrons. The lowest BCUT2D eigenvalue weighted by molar-refractivity contribution is -0.144. The Morgan fingerprint density at radius 1 is 1.10 bits per heavy atom. The number of nitrogens with zero attached hydrogens (tertiary/aromatic N) is 1. The second kappa shape index (κ2) is 9.73. The van der Waals surface area contributed by atoms with Crippen molar-refractivity contribution in [1.82, 2.24) is 0 Å². The van der Waals surface area contributed by atoms with Gasteiger partial charge in [-0.05, 0) is 36.8 Å². The van der Waals surface area contributed by atoms with Crippen LogP contribution < -0.4 is 5.32 Å². The van der Waals surface area contributed by atoms with Crippen LogP contribution in [0.1, 0.15) is 30.4 Å². The predicted molar refractivity (Wildman–Crippen MR) is 99.6 cm³/mol. The summed E-state index contributed by atoms with van der Waals surface area (Å²) in [6, 6.07) is 14.4. The summed E-state index contributed by atoms with van der Waals surface area (Å²) in [6.07, 6.45) is -4.67. The summed E-state index contributed by atoms with van der Waals surface area (Å²) in [5, 5.41) is 12.0. The Labute approximate surface area is 166 Å². The van der Waals surface area contributed by atoms with Crippen LogP contribution in [-0.2, 0) is 20.5 Å². The smallest absolute Gasteiger partial charge is 0.416 e. The molecule has 0 aromatic heterocycles. The lowest BCUT2D eigenvalue weighted by Crippen LogP contribution is -2.29. The third kappa shape index (κ3) is 6.07. The van der Waals surface area contributed by atoms with E-state index in [0.717, 1.165) is 24.3 Å². The molecule has 2 aromatic carbocycles. The van der Waals surface area contributed by atoms with Crippen molar-refractivity contribution in [3.05, 3.63) is 65.7 Å². The van der Waals surface area contributed by atoms with E-state index in [1.165, 1.54) is 0 Å². The van der Waals surface area contributed by atoms with Crippen molar-refractivity contribution < 1.29 is 27.5 Å². The molecule has 1 N–H and O–H groups in total. The third-order valence-electron chi connectivity index (χ3n) is 4.22. The van der Waals surface area contributed by atoms with Gasteiger partial charge in [0, 0.05) is 11.6 Å². The molecule has 0 saturated heterocycles. The molecule has 2 atom stereocenters. The maximum absolute atomic E-state index is 12.7. The zero-order valence-corrected chi connectivity index (χ0v) is 15.6. The average Bonchev–Trinajstić information content (AvgIpc) is 2.68. The largest absolute Gasteiger partial charge is 0.466 e. The minimum absolute atomic E-state index is 0.117. The maximum atomic E-state index is 12.7. The SMILES string of the molecule is CCOC(=O)CC(c1ccccc1)C(C#N)C(=O)Nc1ccc(C(F)(F)F)cc1. The van der Waals surface area contributed by atoms with Crippen LogP contribution in [0, 0.1) is 17.2 Å². The standard InChI is InChI=1S/C21H19F3N2O3/c1-2-29-19(27)12-17(14-6-4-3-5-7-14)18(13-25)20(28)26-16-10-8-15(9-11-16)21(22,23)24/h3-11,17-18H,2,12H2,1H3,(H,26,28). The number of amides is 1. The van der Waals surface area contributed by atoms with Crippen molar-refractivity contribution in [2.24, 2.45) is 5.92 Å². The first-order chi connectivity index (χ1) is 13.8. The highest BCUT2D eigenvalue weighted by Gasteiger charge is 2.33. The van der Waals surface area contributed by atoms with Crippen LogP contribution in [0.15, 0.2) is 54.6 Å². The molecular formula is C21H19F3N2O3. The van der Waals surface area contributed by atoms with E-state index in [0.29, 0.717) is 5.56 Å². The molecule has 1 amide bonds. The second-order valence-electron chi connectivity index (χ2n) is 6.20. The van der Waals surface area contributed by atoms with E-state index in [9.17, 15) is 28.0 Å². The number of nitrogens with one attached hydrogen (secondary N) is 1. The third-order valence-corrected chi connectivity index (χ3v) is 4.22. The minimum atomic E-state index is -4.49. The van der Waals surface area contributed by atoms with E-state index in [-0.39, 0.29) is 18.7 Å². The van der Waals surface area contributed by atoms with Crippen LogP contribution in [0.2, 0.25) is 0 Å². The molecule has 0 bridgehead atoms. The van der Waals surface area contributed by atoms with Crippen molar-refractivity contribution in [2.45, 2.75) is 25.4 Å². The van der Waals surface area contributed by atoms with Crippen LogP contribution in [0.5, 0.6) is 0 Å². The zero-order valence-electron chi connectivity index (χ0n) is 15.6. The molecule has 8 heteroatoms. The Kier molecular flexibility index (Phi) is 7.37. The number of rotatable bonds is 7. The van der Waals surface area contributed by atoms with Gasteiger partial charge in [-0.2, -0.15) is 18.4 Å². The molecule has 29 heavy (non-hydrogen) atoms. The molecule has 2 rings (SSSR count). The van der Waals surface area contributed by atoms with Crippen molar-refractivity contribution >= 4 is 17.6 Å². The Hall–Kier alpha value is -3.34. The van der Waals surface area contributed by atoms with Gasteiger partial charge in [0.15, 0.2) is 0 Å². The quantitative estimate of drug-likeness (QED) is 0.688. The number of carbonyl (C=O) groups excluding carboxylic acids is 2. The second-order valence-corrected chi connectivity index (χ2v) is 6.20. The average molecular weight is 404 g/mol. The van der Waals surface area contributed by atoms with Gasteiger partial charge in [-0.25, -0.2) is 0 Å². The van der Waals surface area contributed by atoms with Crippen molar-refractivity contribution in [3.63, 3.8) is 0 Å². The van der Waals surface area contributed by atoms with Crippen LogP contribution >= 0.6 is 0 Å². The molecule has 5 nitrogen and oxygen atoms in total. The fourth-order valence-corrected chi connectivity index (χ4v) is 2.82. The van der Waals surface area contributed by atoms with E-state index < -0.39 is 35.5 Å². The topological polar surface area (TPSA) is 79.2 Å². The van der Waals surface area contributed by atoms with E-state index in [4.69, 9.17) is 4.74 Å². The summed E-state index contributed by atoms with van der Waals surface area (Å²) >= 11 is 0. The summed E-state index contributed by atoms with van der Waals surface area (Å²) in [5.41, 5.74) is -0.127. The number of hydrogen-bond donors (Lipinski definition) is 1. The van der Waals surface area contributed by atoms with E-state index in [1.807, 2.05) is 6.07 Å². The van der Waals surface area contributed by atoms with Gasteiger partial charge in [0.1, 0.15) is 5.92 Å². The zero-order chi connectivity index (χ0) is 21.4. The summed E-state index contributed by atoms with van der Waals surface area (Å²) < 4.78 is 43.0. The lowest BCUT2D eigenvalue weighted by atomic mass is 9.83. The van der Waals surface area contributed by atoms with Crippen molar-refractivity contribution in [1.29, 1.82) is 5.26 Å². The number of anilines is 1. The monoisotopic (exact) mass is 404 g/mol. The molecule has 0 saturated carbocycles. The van der Waals surface area contributed by atoms with Gasteiger partial charge in [-0.15, -0.1) is 0 Å². The molecule has 2 unspecified atom stereocenters. The number of ether oxygens (including phenoxy) is 1. The van der Waals surface area contributed by atoms with Gasteiger partial charge in [-0.1, -0.05) is 30.3 Å². The molecule has 0 aliphatic rings. The van der Waals surface area contributed by atoms with Crippen LogP contribution in [0.25, 0.3) is 0 Å². The lowest BCUT2D eigenvalue weighted by Gasteiger charge is -2.21. The van der Waals surface area contributed by atoms with E-state index >= 15 is 0 Å². The summed E-state index contributed by atoms with van der Waals surface area (Å²) in [5.74, 6) is -3.28. The Balaban J connectivity index is 2.23. The summed E-state index contributed by atoms with van der Waals surface area (Å²) in [6.45, 7) is 1.81. The highest BCUT2D eigenvalue weighted by molar-refractivity contribution is 5.95. The maximum Gasteiger partial charge on any atom is 0.416 e. The number of halogens is 3. The summed E-state index contributed by atoms with van der Waals surface area (Å²) in [4.78, 5) is 24.7. The van der Waals surface area contributed by atoms with E-state index in [1.54, 1.807) is 37.3 Å². The molecule has 0 heterocycles. The molecule has 0 radical (unpaired) electrons. The van der Waals surface area contributed by atoms with Gasteiger partial charge < -0.3 is 10.1 Å². The normalized spacial score (nSPS) is 13.1.